The summed E-state index contributed by atoms with van der Waals surface area (Å²) in [4.78, 5) is 27.6. The number of amides is 1. The van der Waals surface area contributed by atoms with Crippen molar-refractivity contribution in [1.29, 1.82) is 0 Å². The summed E-state index contributed by atoms with van der Waals surface area (Å²) in [6, 6.07) is 1.51. The molecule has 1 amide bonds. The van der Waals surface area contributed by atoms with Gasteiger partial charge in [-0.15, -0.1) is 0 Å². The fourth-order valence-electron chi connectivity index (χ4n) is 2.23. The number of unbranched alkanes of at least 4 members (excludes halogenated alkanes) is 1. The number of aromatic nitrogens is 3. The summed E-state index contributed by atoms with van der Waals surface area (Å²) in [6.45, 7) is 3.71. The lowest BCUT2D eigenvalue weighted by atomic mass is 10.1. The van der Waals surface area contributed by atoms with Gasteiger partial charge in [0.2, 0.25) is 0 Å². The maximum atomic E-state index is 12.3. The Kier molecular flexibility index (Phi) is 5.51. The maximum Gasteiger partial charge on any atom is 0.325 e. The van der Waals surface area contributed by atoms with Gasteiger partial charge in [-0.05, 0) is 19.8 Å². The van der Waals surface area contributed by atoms with Gasteiger partial charge in [0, 0.05) is 11.8 Å². The van der Waals surface area contributed by atoms with E-state index in [4.69, 9.17) is 4.74 Å². The number of rotatable bonds is 7. The number of nitrogens with zero attached hydrogens (tertiary/aromatic N) is 3. The maximum absolute atomic E-state index is 12.3. The van der Waals surface area contributed by atoms with E-state index in [2.05, 4.69) is 22.3 Å². The lowest BCUT2D eigenvalue weighted by Gasteiger charge is -2.10. The first-order valence-corrected chi connectivity index (χ1v) is 7.56. The minimum atomic E-state index is -0.601. The van der Waals surface area contributed by atoms with Gasteiger partial charge in [-0.1, -0.05) is 13.3 Å². The fourth-order valence-corrected chi connectivity index (χ4v) is 2.23. The highest BCUT2D eigenvalue weighted by Gasteiger charge is 2.20. The summed E-state index contributed by atoms with van der Waals surface area (Å²) in [5.41, 5.74) is 1.03. The van der Waals surface area contributed by atoms with E-state index in [0.717, 1.165) is 18.5 Å². The van der Waals surface area contributed by atoms with Crippen molar-refractivity contribution in [2.24, 2.45) is 0 Å². The van der Waals surface area contributed by atoms with Gasteiger partial charge in [0.15, 0.2) is 5.65 Å². The molecule has 2 heterocycles. The number of nitrogens with one attached hydrogen (secondary N) is 1. The van der Waals surface area contributed by atoms with Crippen molar-refractivity contribution in [3.8, 4) is 5.75 Å². The third-order valence-electron chi connectivity index (χ3n) is 3.32. The van der Waals surface area contributed by atoms with Gasteiger partial charge in [0.1, 0.15) is 24.2 Å². The molecule has 2 N–H and O–H groups in total. The van der Waals surface area contributed by atoms with E-state index in [-0.39, 0.29) is 30.1 Å². The summed E-state index contributed by atoms with van der Waals surface area (Å²) in [5, 5.41) is 16.7. The quantitative estimate of drug-likeness (QED) is 0.739. The van der Waals surface area contributed by atoms with E-state index < -0.39 is 11.9 Å². The van der Waals surface area contributed by atoms with Crippen molar-refractivity contribution in [1.82, 2.24) is 19.9 Å². The van der Waals surface area contributed by atoms with Crippen molar-refractivity contribution >= 4 is 17.5 Å². The van der Waals surface area contributed by atoms with E-state index in [1.807, 2.05) is 0 Å². The largest absolute Gasteiger partial charge is 0.507 e. The third kappa shape index (κ3) is 3.77. The number of esters is 1. The SMILES string of the molecule is CCCCc1cc(O)c(C(=O)NCC(=O)OCC)c2ncnn12. The molecule has 2 rings (SSSR count). The van der Waals surface area contributed by atoms with E-state index in [1.165, 1.54) is 16.9 Å². The second-order valence-corrected chi connectivity index (χ2v) is 4.98. The average Bonchev–Trinajstić information content (AvgIpc) is 3.00. The minimum Gasteiger partial charge on any atom is -0.507 e. The van der Waals surface area contributed by atoms with E-state index >= 15 is 0 Å². The lowest BCUT2D eigenvalue weighted by molar-refractivity contribution is -0.141. The molecule has 0 atom stereocenters. The predicted molar refractivity (Wildman–Crippen MR) is 82.2 cm³/mol. The number of aromatic hydroxyl groups is 1. The summed E-state index contributed by atoms with van der Waals surface area (Å²) in [7, 11) is 0. The van der Waals surface area contributed by atoms with Crippen LogP contribution in [0.1, 0.15) is 42.7 Å². The van der Waals surface area contributed by atoms with Crippen LogP contribution in [0.25, 0.3) is 5.65 Å². The Morgan fingerprint density at radius 2 is 2.17 bits per heavy atom. The van der Waals surface area contributed by atoms with Crippen molar-refractivity contribution in [3.63, 3.8) is 0 Å². The second-order valence-electron chi connectivity index (χ2n) is 4.98. The highest BCUT2D eigenvalue weighted by atomic mass is 16.5. The number of carbonyl (C=O) groups excluding carboxylic acids is 2. The Morgan fingerprint density at radius 3 is 2.87 bits per heavy atom. The molecular weight excluding hydrogens is 300 g/mol. The van der Waals surface area contributed by atoms with E-state index in [1.54, 1.807) is 6.92 Å². The smallest absolute Gasteiger partial charge is 0.325 e. The Hall–Kier alpha value is -2.64. The Labute approximate surface area is 133 Å². The molecule has 8 heteroatoms. The predicted octanol–water partition coefficient (Wildman–Crippen LogP) is 1.07. The molecule has 124 valence electrons. The lowest BCUT2D eigenvalue weighted by Crippen LogP contribution is -2.31. The second kappa shape index (κ2) is 7.57. The molecule has 0 bridgehead atoms. The third-order valence-corrected chi connectivity index (χ3v) is 3.32. The molecular formula is C15H20N4O4. The van der Waals surface area contributed by atoms with Crippen LogP contribution < -0.4 is 5.32 Å². The number of ether oxygens (including phenoxy) is 1. The minimum absolute atomic E-state index is 0.00736. The van der Waals surface area contributed by atoms with Gasteiger partial charge in [-0.3, -0.25) is 9.59 Å². The Morgan fingerprint density at radius 1 is 1.39 bits per heavy atom. The molecule has 0 saturated heterocycles. The molecule has 0 saturated carbocycles. The molecule has 8 nitrogen and oxygen atoms in total. The Balaban J connectivity index is 2.27. The molecule has 0 spiro atoms. The van der Waals surface area contributed by atoms with Crippen molar-refractivity contribution in [3.05, 3.63) is 23.7 Å². The molecule has 23 heavy (non-hydrogen) atoms. The summed E-state index contributed by atoms with van der Waals surface area (Å²) in [6.07, 6.45) is 3.97. The zero-order valence-electron chi connectivity index (χ0n) is 13.2. The van der Waals surface area contributed by atoms with Crippen LogP contribution in [0.3, 0.4) is 0 Å². The van der Waals surface area contributed by atoms with Gasteiger partial charge in [-0.25, -0.2) is 9.50 Å². The first-order chi connectivity index (χ1) is 11.1. The molecule has 0 aromatic carbocycles. The van der Waals surface area contributed by atoms with Gasteiger partial charge < -0.3 is 15.2 Å². The first-order valence-electron chi connectivity index (χ1n) is 7.56. The van der Waals surface area contributed by atoms with Crippen LogP contribution in [0.5, 0.6) is 5.75 Å². The van der Waals surface area contributed by atoms with Gasteiger partial charge in [0.05, 0.1) is 6.61 Å². The molecule has 0 unspecified atom stereocenters. The molecule has 0 aliphatic carbocycles. The van der Waals surface area contributed by atoms with Crippen LogP contribution in [-0.4, -0.2) is 44.7 Å². The Bertz CT molecular complexity index is 711. The van der Waals surface area contributed by atoms with E-state index in [0.29, 0.717) is 6.42 Å². The highest BCUT2D eigenvalue weighted by molar-refractivity contribution is 6.03. The van der Waals surface area contributed by atoms with E-state index in [9.17, 15) is 14.7 Å². The molecule has 0 fully saturated rings. The van der Waals surface area contributed by atoms with Gasteiger partial charge in [0.25, 0.3) is 5.91 Å². The average molecular weight is 320 g/mol. The first kappa shape index (κ1) is 16.7. The highest BCUT2D eigenvalue weighted by Crippen LogP contribution is 2.24. The van der Waals surface area contributed by atoms with Crippen molar-refractivity contribution < 1.29 is 19.4 Å². The van der Waals surface area contributed by atoms with Crippen LogP contribution in [0.2, 0.25) is 0 Å². The number of aryl methyl sites for hydroxylation is 1. The number of fused-ring (bicyclic) bond motifs is 1. The zero-order chi connectivity index (χ0) is 16.8. The standard InChI is InChI=1S/C15H20N4O4/c1-3-5-6-10-7-11(20)13(14-17-9-18-19(10)14)15(22)16-8-12(21)23-4-2/h7,9,20H,3-6,8H2,1-2H3,(H,16,22). The van der Waals surface area contributed by atoms with Crippen molar-refractivity contribution in [2.45, 2.75) is 33.1 Å². The molecule has 0 aliphatic rings. The molecule has 0 radical (unpaired) electrons. The fraction of sp³-hybridized carbons (Fsp3) is 0.467. The summed E-state index contributed by atoms with van der Waals surface area (Å²) >= 11 is 0. The monoisotopic (exact) mass is 320 g/mol. The zero-order valence-corrected chi connectivity index (χ0v) is 13.2. The number of carbonyl (C=O) groups is 2. The van der Waals surface area contributed by atoms with Crippen molar-refractivity contribution in [2.75, 3.05) is 13.2 Å². The molecule has 0 aliphatic heterocycles. The summed E-state index contributed by atoms with van der Waals surface area (Å²) in [5.74, 6) is -1.33. The van der Waals surface area contributed by atoms with Gasteiger partial charge in [-0.2, -0.15) is 5.10 Å². The van der Waals surface area contributed by atoms with Crippen LogP contribution >= 0.6 is 0 Å². The molecule has 2 aromatic rings. The number of hydrogen-bond donors (Lipinski definition) is 2. The van der Waals surface area contributed by atoms with Gasteiger partial charge >= 0.3 is 5.97 Å². The topological polar surface area (TPSA) is 106 Å². The van der Waals surface area contributed by atoms with Crippen LogP contribution in [0.4, 0.5) is 0 Å². The number of pyridine rings is 1. The van der Waals surface area contributed by atoms with Crippen LogP contribution in [0.15, 0.2) is 12.4 Å². The van der Waals surface area contributed by atoms with Crippen LogP contribution in [-0.2, 0) is 16.0 Å². The summed E-state index contributed by atoms with van der Waals surface area (Å²) < 4.78 is 6.28. The normalized spacial score (nSPS) is 10.7. The number of hydrogen-bond acceptors (Lipinski definition) is 6. The molecule has 2 aromatic heterocycles. The van der Waals surface area contributed by atoms with Crippen LogP contribution in [0, 0.1) is 0 Å².